The fourth-order valence-corrected chi connectivity index (χ4v) is 2.93. The van der Waals surface area contributed by atoms with Crippen molar-refractivity contribution in [1.82, 2.24) is 15.5 Å². The van der Waals surface area contributed by atoms with Crippen molar-refractivity contribution in [2.45, 2.75) is 49.9 Å². The monoisotopic (exact) mass is 253 g/mol. The van der Waals surface area contributed by atoms with Gasteiger partial charge in [-0.2, -0.15) is 4.98 Å². The molecule has 18 heavy (non-hydrogen) atoms. The first-order chi connectivity index (χ1) is 8.73. The summed E-state index contributed by atoms with van der Waals surface area (Å²) >= 11 is 0. The summed E-state index contributed by atoms with van der Waals surface area (Å²) in [7, 11) is 1.71. The molecule has 1 aromatic rings. The van der Waals surface area contributed by atoms with E-state index in [-0.39, 0.29) is 17.7 Å². The molecule has 1 aliphatic heterocycles. The number of hydrogen-bond acceptors (Lipinski definition) is 6. The molecule has 0 aromatic carbocycles. The Morgan fingerprint density at radius 3 is 2.83 bits per heavy atom. The second-order valence-corrected chi connectivity index (χ2v) is 5.21. The van der Waals surface area contributed by atoms with Gasteiger partial charge in [0.2, 0.25) is 11.7 Å². The van der Waals surface area contributed by atoms with E-state index in [1.807, 2.05) is 0 Å². The van der Waals surface area contributed by atoms with E-state index in [1.165, 1.54) is 0 Å². The van der Waals surface area contributed by atoms with E-state index in [2.05, 4.69) is 15.5 Å². The lowest BCUT2D eigenvalue weighted by molar-refractivity contribution is -0.0178. The Bertz CT molecular complexity index is 414. The standard InChI is InChI=1S/C12H19N3O3/c1-17-12(4-2-3-5-12)11-14-10(18-15-11)9-6-8(16)7-13-9/h8-9,13,16H,2-7H2,1H3/t8-,9+/m0/s1. The molecule has 2 N–H and O–H groups in total. The Balaban J connectivity index is 1.80. The summed E-state index contributed by atoms with van der Waals surface area (Å²) in [5.74, 6) is 1.21. The van der Waals surface area contributed by atoms with Gasteiger partial charge in [0.25, 0.3) is 0 Å². The van der Waals surface area contributed by atoms with Crippen LogP contribution in [0.3, 0.4) is 0 Å². The molecule has 2 aliphatic rings. The fraction of sp³-hybridized carbons (Fsp3) is 0.833. The number of hydrogen-bond donors (Lipinski definition) is 2. The summed E-state index contributed by atoms with van der Waals surface area (Å²) in [6, 6.07) is -0.0310. The molecular formula is C12H19N3O3. The minimum absolute atomic E-state index is 0.0310. The van der Waals surface area contributed by atoms with E-state index in [1.54, 1.807) is 7.11 Å². The Kier molecular flexibility index (Phi) is 3.09. The third-order valence-corrected chi connectivity index (χ3v) is 4.06. The van der Waals surface area contributed by atoms with Crippen molar-refractivity contribution >= 4 is 0 Å². The van der Waals surface area contributed by atoms with Crippen molar-refractivity contribution in [2.24, 2.45) is 0 Å². The summed E-state index contributed by atoms with van der Waals surface area (Å²) in [5, 5.41) is 16.7. The molecule has 0 radical (unpaired) electrons. The molecule has 0 spiro atoms. The van der Waals surface area contributed by atoms with Gasteiger partial charge in [-0.05, 0) is 32.1 Å². The SMILES string of the molecule is COC1(c2noc([C@H]3C[C@H](O)CN3)n2)CCCC1. The number of aliphatic hydroxyl groups is 1. The smallest absolute Gasteiger partial charge is 0.243 e. The van der Waals surface area contributed by atoms with Gasteiger partial charge >= 0.3 is 0 Å². The van der Waals surface area contributed by atoms with Crippen LogP contribution in [0.5, 0.6) is 0 Å². The third kappa shape index (κ3) is 1.94. The van der Waals surface area contributed by atoms with Crippen LogP contribution >= 0.6 is 0 Å². The van der Waals surface area contributed by atoms with Gasteiger partial charge in [0.1, 0.15) is 5.60 Å². The Morgan fingerprint density at radius 2 is 2.22 bits per heavy atom. The molecule has 2 heterocycles. The summed E-state index contributed by atoms with van der Waals surface area (Å²) < 4.78 is 10.9. The van der Waals surface area contributed by atoms with Crippen molar-refractivity contribution in [3.05, 3.63) is 11.7 Å². The number of nitrogens with zero attached hydrogens (tertiary/aromatic N) is 2. The molecule has 6 heteroatoms. The molecule has 6 nitrogen and oxygen atoms in total. The van der Waals surface area contributed by atoms with Crippen molar-refractivity contribution in [2.75, 3.05) is 13.7 Å². The van der Waals surface area contributed by atoms with Crippen LogP contribution in [0, 0.1) is 0 Å². The Morgan fingerprint density at radius 1 is 1.44 bits per heavy atom. The molecule has 1 aromatic heterocycles. The largest absolute Gasteiger partial charge is 0.392 e. The van der Waals surface area contributed by atoms with Crippen molar-refractivity contribution in [1.29, 1.82) is 0 Å². The van der Waals surface area contributed by atoms with Gasteiger partial charge in [-0.1, -0.05) is 5.16 Å². The highest BCUT2D eigenvalue weighted by Gasteiger charge is 2.41. The minimum atomic E-state index is -0.362. The van der Waals surface area contributed by atoms with E-state index < -0.39 is 0 Å². The zero-order valence-corrected chi connectivity index (χ0v) is 10.6. The van der Waals surface area contributed by atoms with Crippen LogP contribution in [0.1, 0.15) is 49.9 Å². The van der Waals surface area contributed by atoms with E-state index in [0.29, 0.717) is 24.7 Å². The first kappa shape index (κ1) is 12.1. The number of ether oxygens (including phenoxy) is 1. The second kappa shape index (κ2) is 4.60. The highest BCUT2D eigenvalue weighted by atomic mass is 16.5. The lowest BCUT2D eigenvalue weighted by Crippen LogP contribution is -2.26. The first-order valence-corrected chi connectivity index (χ1v) is 6.54. The van der Waals surface area contributed by atoms with Crippen LogP contribution in [0.4, 0.5) is 0 Å². The van der Waals surface area contributed by atoms with Gasteiger partial charge in [-0.15, -0.1) is 0 Å². The summed E-state index contributed by atoms with van der Waals surface area (Å²) in [4.78, 5) is 4.48. The van der Waals surface area contributed by atoms with Gasteiger partial charge < -0.3 is 19.7 Å². The first-order valence-electron chi connectivity index (χ1n) is 6.54. The minimum Gasteiger partial charge on any atom is -0.392 e. The van der Waals surface area contributed by atoms with Crippen LogP contribution in [-0.4, -0.2) is 35.0 Å². The van der Waals surface area contributed by atoms with Crippen molar-refractivity contribution < 1.29 is 14.4 Å². The number of aromatic nitrogens is 2. The number of aliphatic hydroxyl groups excluding tert-OH is 1. The molecule has 0 bridgehead atoms. The van der Waals surface area contributed by atoms with Crippen molar-refractivity contribution in [3.8, 4) is 0 Å². The zero-order valence-electron chi connectivity index (χ0n) is 10.6. The molecule has 2 fully saturated rings. The van der Waals surface area contributed by atoms with E-state index in [4.69, 9.17) is 9.26 Å². The number of rotatable bonds is 3. The molecule has 3 rings (SSSR count). The van der Waals surface area contributed by atoms with Crippen molar-refractivity contribution in [3.63, 3.8) is 0 Å². The summed E-state index contributed by atoms with van der Waals surface area (Å²) in [6.45, 7) is 0.581. The summed E-state index contributed by atoms with van der Waals surface area (Å²) in [6.07, 6.45) is 4.47. The van der Waals surface area contributed by atoms with Gasteiger partial charge in [0.15, 0.2) is 0 Å². The molecule has 1 aliphatic carbocycles. The predicted octanol–water partition coefficient (Wildman–Crippen LogP) is 0.881. The van der Waals surface area contributed by atoms with Gasteiger partial charge in [-0.25, -0.2) is 0 Å². The molecular weight excluding hydrogens is 234 g/mol. The van der Waals surface area contributed by atoms with Gasteiger partial charge in [0.05, 0.1) is 12.1 Å². The maximum absolute atomic E-state index is 9.50. The maximum Gasteiger partial charge on any atom is 0.243 e. The molecule has 0 unspecified atom stereocenters. The van der Waals surface area contributed by atoms with Gasteiger partial charge in [0, 0.05) is 13.7 Å². The molecule has 2 atom stereocenters. The van der Waals surface area contributed by atoms with Crippen LogP contribution in [0.25, 0.3) is 0 Å². The highest BCUT2D eigenvalue weighted by molar-refractivity contribution is 5.06. The Labute approximate surface area is 106 Å². The molecule has 100 valence electrons. The molecule has 1 saturated carbocycles. The highest BCUT2D eigenvalue weighted by Crippen LogP contribution is 2.40. The third-order valence-electron chi connectivity index (χ3n) is 4.06. The fourth-order valence-electron chi connectivity index (χ4n) is 2.93. The van der Waals surface area contributed by atoms with Gasteiger partial charge in [-0.3, -0.25) is 0 Å². The summed E-state index contributed by atoms with van der Waals surface area (Å²) in [5.41, 5.74) is -0.362. The zero-order chi connectivity index (χ0) is 12.6. The van der Waals surface area contributed by atoms with E-state index in [9.17, 15) is 5.11 Å². The topological polar surface area (TPSA) is 80.4 Å². The normalized spacial score (nSPS) is 31.0. The Hall–Kier alpha value is -0.980. The van der Waals surface area contributed by atoms with Crippen LogP contribution in [0.2, 0.25) is 0 Å². The second-order valence-electron chi connectivity index (χ2n) is 5.21. The van der Waals surface area contributed by atoms with Crippen LogP contribution in [0.15, 0.2) is 4.52 Å². The lowest BCUT2D eigenvalue weighted by Gasteiger charge is -2.22. The molecule has 1 saturated heterocycles. The maximum atomic E-state index is 9.50. The quantitative estimate of drug-likeness (QED) is 0.832. The number of nitrogens with one attached hydrogen (secondary N) is 1. The van der Waals surface area contributed by atoms with E-state index in [0.717, 1.165) is 25.7 Å². The number of β-amino-alcohol motifs (C(OH)–C–C–N with tert-alkyl or cyclic N) is 1. The van der Waals surface area contributed by atoms with Crippen LogP contribution in [-0.2, 0) is 10.3 Å². The molecule has 0 amide bonds. The lowest BCUT2D eigenvalue weighted by atomic mass is 10.0. The average Bonchev–Trinajstić information content (AvgIpc) is 3.08. The number of methoxy groups -OCH3 is 1. The van der Waals surface area contributed by atoms with E-state index >= 15 is 0 Å². The predicted molar refractivity (Wildman–Crippen MR) is 62.8 cm³/mol. The van der Waals surface area contributed by atoms with Crippen LogP contribution < -0.4 is 5.32 Å². The average molecular weight is 253 g/mol.